The topological polar surface area (TPSA) is 54.0 Å². The second-order valence-electron chi connectivity index (χ2n) is 6.42. The van der Waals surface area contributed by atoms with Gasteiger partial charge >= 0.3 is 0 Å². The molecule has 0 saturated heterocycles. The Kier molecular flexibility index (Phi) is 7.93. The summed E-state index contributed by atoms with van der Waals surface area (Å²) in [4.78, 5) is 12.9. The van der Waals surface area contributed by atoms with E-state index in [2.05, 4.69) is 13.8 Å². The average Bonchev–Trinajstić information content (AvgIpc) is 2.67. The Balaban J connectivity index is 2.13. The van der Waals surface area contributed by atoms with Crippen LogP contribution in [0.15, 0.2) is 36.4 Å². The van der Waals surface area contributed by atoms with Gasteiger partial charge in [0.2, 0.25) is 0 Å². The molecule has 1 unspecified atom stereocenters. The third-order valence-electron chi connectivity index (χ3n) is 4.02. The van der Waals surface area contributed by atoms with Crippen LogP contribution in [-0.4, -0.2) is 33.5 Å². The molecule has 0 fully saturated rings. The minimum absolute atomic E-state index is 0.0486. The molecule has 2 aromatic rings. The summed E-state index contributed by atoms with van der Waals surface area (Å²) in [6.45, 7) is 5.03. The van der Waals surface area contributed by atoms with Gasteiger partial charge in [-0.15, -0.1) is 0 Å². The Hall–Kier alpha value is -2.26. The summed E-state index contributed by atoms with van der Waals surface area (Å²) in [6.07, 6.45) is 1.01. The molecule has 146 valence electrons. The van der Waals surface area contributed by atoms with Gasteiger partial charge in [0.25, 0.3) is 0 Å². The Morgan fingerprint density at radius 1 is 0.926 bits per heavy atom. The number of carbonyl (C=O) groups excluding carboxylic acids is 1. The van der Waals surface area contributed by atoms with Crippen molar-refractivity contribution < 1.29 is 23.7 Å². The van der Waals surface area contributed by atoms with E-state index in [9.17, 15) is 4.79 Å². The van der Waals surface area contributed by atoms with E-state index in [1.165, 1.54) is 14.2 Å². The molecule has 0 N–H and O–H groups in total. The molecule has 0 aliphatic rings. The van der Waals surface area contributed by atoms with E-state index in [-0.39, 0.29) is 14.1 Å². The van der Waals surface area contributed by atoms with E-state index < -0.39 is 0 Å². The number of ether oxygens (including phenoxy) is 4. The Labute approximate surface area is 162 Å². The third-order valence-corrected chi connectivity index (χ3v) is 5.12. The van der Waals surface area contributed by atoms with Crippen LogP contribution >= 0.6 is 8.58 Å². The fraction of sp³-hybridized carbons (Fsp3) is 0.381. The zero-order valence-corrected chi connectivity index (χ0v) is 17.5. The summed E-state index contributed by atoms with van der Waals surface area (Å²) in [6, 6.07) is 11.0. The van der Waals surface area contributed by atoms with Crippen LogP contribution in [0, 0.1) is 5.92 Å². The fourth-order valence-corrected chi connectivity index (χ4v) is 3.44. The maximum absolute atomic E-state index is 12.9. The molecule has 0 radical (unpaired) electrons. The van der Waals surface area contributed by atoms with Crippen molar-refractivity contribution in [2.45, 2.75) is 20.3 Å². The molecule has 1 atom stereocenters. The standard InChI is InChI=1S/C21H27O5P/c1-14(2)10-11-26-15-6-8-17(9-7-15)27-21(22)20-18(24-4)12-16(23-3)13-19(20)25-5/h6-9,12-14,27H,10-11H2,1-5H3. The van der Waals surface area contributed by atoms with Crippen molar-refractivity contribution in [3.8, 4) is 23.0 Å². The number of carbonyl (C=O) groups is 1. The van der Waals surface area contributed by atoms with Gasteiger partial charge in [-0.05, 0) is 38.4 Å². The molecule has 0 amide bonds. The molecule has 0 saturated carbocycles. The van der Waals surface area contributed by atoms with Crippen molar-refractivity contribution in [2.75, 3.05) is 27.9 Å². The smallest absolute Gasteiger partial charge is 0.193 e. The van der Waals surface area contributed by atoms with Gasteiger partial charge in [0, 0.05) is 12.1 Å². The normalized spacial score (nSPS) is 11.0. The molecule has 0 aliphatic heterocycles. The average molecular weight is 390 g/mol. The van der Waals surface area contributed by atoms with E-state index in [1.54, 1.807) is 19.2 Å². The number of hydrogen-bond donors (Lipinski definition) is 0. The van der Waals surface area contributed by atoms with Gasteiger partial charge in [0.1, 0.15) is 28.6 Å². The van der Waals surface area contributed by atoms with Crippen molar-refractivity contribution in [3.63, 3.8) is 0 Å². The molecular weight excluding hydrogens is 363 g/mol. The van der Waals surface area contributed by atoms with E-state index in [0.29, 0.717) is 35.3 Å². The molecule has 0 spiro atoms. The molecule has 27 heavy (non-hydrogen) atoms. The second kappa shape index (κ2) is 10.2. The number of hydrogen-bond acceptors (Lipinski definition) is 5. The Morgan fingerprint density at radius 3 is 2.00 bits per heavy atom. The van der Waals surface area contributed by atoms with Crippen LogP contribution in [0.1, 0.15) is 30.6 Å². The van der Waals surface area contributed by atoms with Crippen LogP contribution in [0.3, 0.4) is 0 Å². The molecule has 6 heteroatoms. The van der Waals surface area contributed by atoms with Gasteiger partial charge in [-0.1, -0.05) is 26.0 Å². The molecule has 5 nitrogen and oxygen atoms in total. The summed E-state index contributed by atoms with van der Waals surface area (Å²) < 4.78 is 21.7. The van der Waals surface area contributed by atoms with Crippen LogP contribution in [0.25, 0.3) is 0 Å². The van der Waals surface area contributed by atoms with E-state index in [0.717, 1.165) is 17.5 Å². The number of benzene rings is 2. The summed E-state index contributed by atoms with van der Waals surface area (Å²) in [5, 5.41) is 0.927. The summed E-state index contributed by atoms with van der Waals surface area (Å²) in [7, 11) is 4.56. The van der Waals surface area contributed by atoms with Gasteiger partial charge in [-0.25, -0.2) is 0 Å². The van der Waals surface area contributed by atoms with Gasteiger partial charge in [0.15, 0.2) is 5.52 Å². The first kappa shape index (κ1) is 21.0. The lowest BCUT2D eigenvalue weighted by Gasteiger charge is -2.14. The van der Waals surface area contributed by atoms with Crippen LogP contribution in [-0.2, 0) is 0 Å². The molecular formula is C21H27O5P. The van der Waals surface area contributed by atoms with Crippen molar-refractivity contribution in [2.24, 2.45) is 5.92 Å². The molecule has 2 aromatic carbocycles. The molecule has 2 rings (SSSR count). The van der Waals surface area contributed by atoms with Crippen molar-refractivity contribution >= 4 is 19.4 Å². The summed E-state index contributed by atoms with van der Waals surface area (Å²) >= 11 is 0. The molecule has 0 aliphatic carbocycles. The predicted molar refractivity (Wildman–Crippen MR) is 110 cm³/mol. The molecule has 0 heterocycles. The van der Waals surface area contributed by atoms with Crippen molar-refractivity contribution in [1.29, 1.82) is 0 Å². The zero-order chi connectivity index (χ0) is 19.8. The Morgan fingerprint density at radius 2 is 1.52 bits per heavy atom. The van der Waals surface area contributed by atoms with Crippen LogP contribution < -0.4 is 24.3 Å². The van der Waals surface area contributed by atoms with Crippen LogP contribution in [0.2, 0.25) is 0 Å². The highest BCUT2D eigenvalue weighted by Crippen LogP contribution is 2.37. The van der Waals surface area contributed by atoms with Crippen molar-refractivity contribution in [1.82, 2.24) is 0 Å². The summed E-state index contributed by atoms with van der Waals surface area (Å²) in [5.74, 6) is 2.88. The van der Waals surface area contributed by atoms with Crippen molar-refractivity contribution in [3.05, 3.63) is 42.0 Å². The third kappa shape index (κ3) is 5.86. The first-order valence-electron chi connectivity index (χ1n) is 8.82. The lowest BCUT2D eigenvalue weighted by Crippen LogP contribution is -2.06. The molecule has 0 bridgehead atoms. The van der Waals surface area contributed by atoms with Crippen LogP contribution in [0.4, 0.5) is 0 Å². The number of rotatable bonds is 10. The van der Waals surface area contributed by atoms with Gasteiger partial charge in [-0.3, -0.25) is 4.79 Å². The first-order valence-corrected chi connectivity index (χ1v) is 9.82. The zero-order valence-electron chi connectivity index (χ0n) is 16.5. The summed E-state index contributed by atoms with van der Waals surface area (Å²) in [5.41, 5.74) is 0.372. The Bertz CT molecular complexity index is 731. The van der Waals surface area contributed by atoms with E-state index in [1.807, 2.05) is 24.3 Å². The highest BCUT2D eigenvalue weighted by Gasteiger charge is 2.20. The fourth-order valence-electron chi connectivity index (χ4n) is 2.47. The van der Waals surface area contributed by atoms with Gasteiger partial charge in [-0.2, -0.15) is 0 Å². The highest BCUT2D eigenvalue weighted by atomic mass is 31.1. The lowest BCUT2D eigenvalue weighted by molar-refractivity contribution is 0.108. The predicted octanol–water partition coefficient (Wildman–Crippen LogP) is 4.28. The van der Waals surface area contributed by atoms with Crippen LogP contribution in [0.5, 0.6) is 23.0 Å². The maximum atomic E-state index is 12.9. The minimum atomic E-state index is -0.0557. The monoisotopic (exact) mass is 390 g/mol. The van der Waals surface area contributed by atoms with Gasteiger partial charge < -0.3 is 18.9 Å². The SMILES string of the molecule is COc1cc(OC)c(C(=O)Pc2ccc(OCCC(C)C)cc2)c(OC)c1. The number of methoxy groups -OCH3 is 3. The first-order chi connectivity index (χ1) is 13.0. The van der Waals surface area contributed by atoms with Gasteiger partial charge in [0.05, 0.1) is 27.9 Å². The quantitative estimate of drug-likeness (QED) is 0.567. The highest BCUT2D eigenvalue weighted by molar-refractivity contribution is 7.66. The second-order valence-corrected chi connectivity index (χ2v) is 7.70. The minimum Gasteiger partial charge on any atom is -0.496 e. The largest absolute Gasteiger partial charge is 0.496 e. The van der Waals surface area contributed by atoms with E-state index >= 15 is 0 Å². The maximum Gasteiger partial charge on any atom is 0.193 e. The lowest BCUT2D eigenvalue weighted by atomic mass is 10.1. The molecule has 0 aromatic heterocycles. The van der Waals surface area contributed by atoms with E-state index in [4.69, 9.17) is 18.9 Å².